The van der Waals surface area contributed by atoms with Crippen molar-refractivity contribution in [2.45, 2.75) is 13.5 Å². The number of aryl methyl sites for hydroxylation is 1. The summed E-state index contributed by atoms with van der Waals surface area (Å²) in [6.07, 6.45) is 0. The van der Waals surface area contributed by atoms with E-state index in [-0.39, 0.29) is 12.4 Å². The van der Waals surface area contributed by atoms with E-state index in [4.69, 9.17) is 14.6 Å². The Labute approximate surface area is 146 Å². The Balaban J connectivity index is 1.78. The van der Waals surface area contributed by atoms with E-state index in [1.807, 2.05) is 0 Å². The maximum Gasteiger partial charge on any atom is 0.165 e. The number of benzene rings is 1. The molecule has 1 aliphatic rings. The molecule has 0 unspecified atom stereocenters. The molecule has 2 N–H and O–H groups in total. The van der Waals surface area contributed by atoms with Gasteiger partial charge in [-0.25, -0.2) is 0 Å². The molecule has 0 fully saturated rings. The van der Waals surface area contributed by atoms with Crippen LogP contribution in [0.5, 0.6) is 11.5 Å². The van der Waals surface area contributed by atoms with Crippen LogP contribution >= 0.6 is 11.3 Å². The van der Waals surface area contributed by atoms with Gasteiger partial charge in [-0.1, -0.05) is 0 Å². The molecule has 24 heavy (non-hydrogen) atoms. The molecule has 1 aromatic heterocycles. The van der Waals surface area contributed by atoms with Crippen LogP contribution < -0.4 is 4.74 Å². The highest BCUT2D eigenvalue weighted by molar-refractivity contribution is 7.15. The summed E-state index contributed by atoms with van der Waals surface area (Å²) in [5, 5.41) is 19.1. The average Bonchev–Trinajstić information content (AvgIpc) is 2.88. The number of phenolic OH excluding ortho intramolecular Hbond substituents is 1. The number of ether oxygens (including phenoxy) is 2. The van der Waals surface area contributed by atoms with Crippen molar-refractivity contribution in [1.82, 2.24) is 4.90 Å². The minimum Gasteiger partial charge on any atom is -0.504 e. The average molecular weight is 349 g/mol. The molecule has 6 heteroatoms. The van der Waals surface area contributed by atoms with Crippen molar-refractivity contribution in [3.05, 3.63) is 34.7 Å². The van der Waals surface area contributed by atoms with Crippen molar-refractivity contribution in [2.75, 3.05) is 39.5 Å². The number of aliphatic hydroxyl groups is 1. The summed E-state index contributed by atoms with van der Waals surface area (Å²) in [5.41, 5.74) is 2.02. The van der Waals surface area contributed by atoms with Crippen LogP contribution in [0.3, 0.4) is 0 Å². The van der Waals surface area contributed by atoms with Crippen LogP contribution in [0.2, 0.25) is 0 Å². The molecule has 0 saturated carbocycles. The van der Waals surface area contributed by atoms with E-state index in [9.17, 15) is 5.11 Å². The third-order valence-electron chi connectivity index (χ3n) is 4.01. The molecule has 1 aliphatic heterocycles. The molecule has 0 bridgehead atoms. The van der Waals surface area contributed by atoms with Gasteiger partial charge in [0.25, 0.3) is 0 Å². The van der Waals surface area contributed by atoms with Gasteiger partial charge in [0.15, 0.2) is 11.5 Å². The molecule has 2 aromatic rings. The largest absolute Gasteiger partial charge is 0.504 e. The second-order valence-corrected chi connectivity index (χ2v) is 7.14. The molecule has 1 aromatic carbocycles. The zero-order valence-corrected chi connectivity index (χ0v) is 14.6. The van der Waals surface area contributed by atoms with E-state index >= 15 is 0 Å². The zero-order chi connectivity index (χ0) is 16.9. The number of phenols is 1. The van der Waals surface area contributed by atoms with Gasteiger partial charge in [0.2, 0.25) is 0 Å². The fourth-order valence-corrected chi connectivity index (χ4v) is 3.69. The molecule has 0 atom stereocenters. The van der Waals surface area contributed by atoms with Crippen LogP contribution in [0, 0.1) is 6.92 Å². The molecule has 0 spiro atoms. The van der Waals surface area contributed by atoms with E-state index in [0.717, 1.165) is 29.1 Å². The number of aliphatic hydroxyl groups excluding tert-OH is 1. The summed E-state index contributed by atoms with van der Waals surface area (Å²) in [4.78, 5) is 4.64. The van der Waals surface area contributed by atoms with Crippen LogP contribution in [0.1, 0.15) is 10.4 Å². The second-order valence-electron chi connectivity index (χ2n) is 5.85. The van der Waals surface area contributed by atoms with Crippen molar-refractivity contribution in [2.24, 2.45) is 0 Å². The lowest BCUT2D eigenvalue weighted by molar-refractivity contribution is 0.0708. The lowest BCUT2D eigenvalue weighted by Crippen LogP contribution is -2.29. The van der Waals surface area contributed by atoms with E-state index < -0.39 is 0 Å². The first kappa shape index (κ1) is 17.2. The van der Waals surface area contributed by atoms with Crippen LogP contribution in [0.4, 0.5) is 0 Å². The summed E-state index contributed by atoms with van der Waals surface area (Å²) >= 11 is 1.72. The van der Waals surface area contributed by atoms with Crippen molar-refractivity contribution in [3.8, 4) is 21.9 Å². The molecule has 0 radical (unpaired) electrons. The Morgan fingerprint density at radius 2 is 2.17 bits per heavy atom. The zero-order valence-electron chi connectivity index (χ0n) is 13.8. The van der Waals surface area contributed by atoms with Crippen LogP contribution in [-0.4, -0.2) is 54.6 Å². The van der Waals surface area contributed by atoms with Gasteiger partial charge in [0.1, 0.15) is 6.61 Å². The normalized spacial score (nSPS) is 14.9. The number of fused-ring (bicyclic) bond motifs is 1. The standard InChI is InChI=1S/C18H23NO4S/c1-13-2-3-17(24-13)14-10-15-12-19(4-7-22-9-6-20)5-8-23-18(15)16(21)11-14/h2-3,10-11,20-21H,4-9,12H2,1H3. The van der Waals surface area contributed by atoms with Gasteiger partial charge in [-0.2, -0.15) is 0 Å². The molecular formula is C18H23NO4S. The lowest BCUT2D eigenvalue weighted by atomic mass is 10.1. The topological polar surface area (TPSA) is 62.2 Å². The van der Waals surface area contributed by atoms with Gasteiger partial charge in [-0.3, -0.25) is 4.90 Å². The highest BCUT2D eigenvalue weighted by atomic mass is 32.1. The van der Waals surface area contributed by atoms with Gasteiger partial charge in [-0.05, 0) is 36.8 Å². The van der Waals surface area contributed by atoms with E-state index in [1.165, 1.54) is 4.88 Å². The number of hydrogen-bond acceptors (Lipinski definition) is 6. The Morgan fingerprint density at radius 1 is 1.29 bits per heavy atom. The lowest BCUT2D eigenvalue weighted by Gasteiger charge is -2.19. The van der Waals surface area contributed by atoms with Crippen molar-refractivity contribution in [3.63, 3.8) is 0 Å². The predicted molar refractivity (Wildman–Crippen MR) is 94.8 cm³/mol. The van der Waals surface area contributed by atoms with Gasteiger partial charge in [0.05, 0.1) is 19.8 Å². The third kappa shape index (κ3) is 4.08. The fourth-order valence-electron chi connectivity index (χ4n) is 2.84. The fraction of sp³-hybridized carbons (Fsp3) is 0.444. The predicted octanol–water partition coefficient (Wildman–Crippen LogP) is 2.63. The van der Waals surface area contributed by atoms with Gasteiger partial charge in [-0.15, -0.1) is 11.3 Å². The molecule has 3 rings (SSSR count). The molecule has 2 heterocycles. The minimum absolute atomic E-state index is 0.0450. The SMILES string of the molecule is Cc1ccc(-c2cc(O)c3c(c2)CN(CCOCCO)CCO3)s1. The van der Waals surface area contributed by atoms with Crippen LogP contribution in [0.25, 0.3) is 10.4 Å². The molecule has 0 amide bonds. The maximum absolute atomic E-state index is 10.4. The van der Waals surface area contributed by atoms with Gasteiger partial charge in [0, 0.05) is 35.0 Å². The van der Waals surface area contributed by atoms with Gasteiger partial charge < -0.3 is 19.7 Å². The Kier molecular flexibility index (Phi) is 5.73. The summed E-state index contributed by atoms with van der Waals surface area (Å²) in [6.45, 7) is 5.87. The first-order valence-electron chi connectivity index (χ1n) is 8.14. The maximum atomic E-state index is 10.4. The Hall–Kier alpha value is -1.60. The summed E-state index contributed by atoms with van der Waals surface area (Å²) in [5.74, 6) is 0.790. The Morgan fingerprint density at radius 3 is 2.92 bits per heavy atom. The number of hydrogen-bond donors (Lipinski definition) is 2. The number of aromatic hydroxyl groups is 1. The van der Waals surface area contributed by atoms with Crippen molar-refractivity contribution in [1.29, 1.82) is 0 Å². The van der Waals surface area contributed by atoms with Crippen molar-refractivity contribution < 1.29 is 19.7 Å². The summed E-state index contributed by atoms with van der Waals surface area (Å²) in [6, 6.07) is 8.06. The first-order valence-corrected chi connectivity index (χ1v) is 8.95. The first-order chi connectivity index (χ1) is 11.7. The monoisotopic (exact) mass is 349 g/mol. The highest BCUT2D eigenvalue weighted by Crippen LogP contribution is 2.39. The number of nitrogens with zero attached hydrogens (tertiary/aromatic N) is 1. The van der Waals surface area contributed by atoms with Crippen LogP contribution in [-0.2, 0) is 11.3 Å². The summed E-state index contributed by atoms with van der Waals surface area (Å²) in [7, 11) is 0. The third-order valence-corrected chi connectivity index (χ3v) is 5.06. The molecular weight excluding hydrogens is 326 g/mol. The molecule has 0 aliphatic carbocycles. The number of rotatable bonds is 6. The number of thiophene rings is 1. The van der Waals surface area contributed by atoms with Crippen LogP contribution in [0.15, 0.2) is 24.3 Å². The summed E-state index contributed by atoms with van der Waals surface area (Å²) < 4.78 is 11.1. The van der Waals surface area contributed by atoms with E-state index in [2.05, 4.69) is 30.0 Å². The van der Waals surface area contributed by atoms with Crippen molar-refractivity contribution >= 4 is 11.3 Å². The molecule has 0 saturated heterocycles. The quantitative estimate of drug-likeness (QED) is 0.785. The molecule has 130 valence electrons. The molecule has 5 nitrogen and oxygen atoms in total. The minimum atomic E-state index is 0.0450. The van der Waals surface area contributed by atoms with Gasteiger partial charge >= 0.3 is 0 Å². The Bertz CT molecular complexity index is 686. The highest BCUT2D eigenvalue weighted by Gasteiger charge is 2.20. The smallest absolute Gasteiger partial charge is 0.165 e. The van der Waals surface area contributed by atoms with E-state index in [0.29, 0.717) is 32.1 Å². The second kappa shape index (κ2) is 7.98. The van der Waals surface area contributed by atoms with E-state index in [1.54, 1.807) is 17.4 Å².